The van der Waals surface area contributed by atoms with Gasteiger partial charge in [-0.1, -0.05) is 17.7 Å². The summed E-state index contributed by atoms with van der Waals surface area (Å²) in [5, 5.41) is 0. The zero-order valence-corrected chi connectivity index (χ0v) is 10.6. The van der Waals surface area contributed by atoms with Gasteiger partial charge in [0.25, 0.3) is 5.56 Å². The number of nitrogens with one attached hydrogen (secondary N) is 1. The number of benzene rings is 1. The van der Waals surface area contributed by atoms with Crippen LogP contribution in [0.15, 0.2) is 33.7 Å². The van der Waals surface area contributed by atoms with Gasteiger partial charge in [0, 0.05) is 11.8 Å². The van der Waals surface area contributed by atoms with Gasteiger partial charge in [0.2, 0.25) is 0 Å². The largest absolute Gasteiger partial charge is 0.306 e. The highest BCUT2D eigenvalue weighted by Crippen LogP contribution is 2.20. The Bertz CT molecular complexity index is 590. The summed E-state index contributed by atoms with van der Waals surface area (Å²) in [5.74, 6) is 0.606. The molecule has 2 rings (SSSR count). The Kier molecular flexibility index (Phi) is 2.92. The van der Waals surface area contributed by atoms with E-state index in [4.69, 9.17) is 0 Å². The summed E-state index contributed by atoms with van der Waals surface area (Å²) in [6.45, 7) is 4.01. The zero-order valence-electron chi connectivity index (χ0n) is 9.04. The second kappa shape index (κ2) is 4.22. The number of hydrogen-bond acceptors (Lipinski definition) is 2. The summed E-state index contributed by atoms with van der Waals surface area (Å²) in [4.78, 5) is 18.4. The van der Waals surface area contributed by atoms with Crippen LogP contribution in [0, 0.1) is 13.8 Å². The first-order chi connectivity index (χ1) is 7.58. The Hall–Kier alpha value is -1.42. The van der Waals surface area contributed by atoms with Crippen LogP contribution in [0.3, 0.4) is 0 Å². The molecule has 4 heteroatoms. The summed E-state index contributed by atoms with van der Waals surface area (Å²) >= 11 is 3.13. The van der Waals surface area contributed by atoms with E-state index in [1.54, 1.807) is 0 Å². The molecular formula is C12H11BrN2O. The van der Waals surface area contributed by atoms with Crippen molar-refractivity contribution in [3.63, 3.8) is 0 Å². The lowest BCUT2D eigenvalue weighted by molar-refractivity contribution is 1.10. The molecule has 0 aliphatic rings. The fraction of sp³-hybridized carbons (Fsp3) is 0.167. The lowest BCUT2D eigenvalue weighted by atomic mass is 10.1. The second-order valence-electron chi connectivity index (χ2n) is 3.73. The number of halogens is 1. The van der Waals surface area contributed by atoms with Gasteiger partial charge < -0.3 is 4.98 Å². The van der Waals surface area contributed by atoms with Gasteiger partial charge in [-0.15, -0.1) is 0 Å². The average molecular weight is 279 g/mol. The molecule has 1 aromatic heterocycles. The fourth-order valence-electron chi connectivity index (χ4n) is 1.51. The van der Waals surface area contributed by atoms with E-state index in [9.17, 15) is 4.79 Å². The molecule has 1 heterocycles. The number of H-pyrrole nitrogens is 1. The normalized spacial score (nSPS) is 10.4. The molecule has 82 valence electrons. The molecule has 3 nitrogen and oxygen atoms in total. The standard InChI is InChI=1S/C12H11BrN2O/c1-7-3-4-8(2)9(5-7)11-14-6-10(13)12(16)15-11/h3-6H,1-2H3,(H,14,15,16). The van der Waals surface area contributed by atoms with Crippen LogP contribution in [0.4, 0.5) is 0 Å². The Morgan fingerprint density at radius 2 is 2.06 bits per heavy atom. The molecule has 1 N–H and O–H groups in total. The molecule has 0 amide bonds. The highest BCUT2D eigenvalue weighted by atomic mass is 79.9. The molecular weight excluding hydrogens is 268 g/mol. The van der Waals surface area contributed by atoms with Gasteiger partial charge in [-0.25, -0.2) is 4.98 Å². The summed E-state index contributed by atoms with van der Waals surface area (Å²) in [7, 11) is 0. The third kappa shape index (κ3) is 2.07. The monoisotopic (exact) mass is 278 g/mol. The van der Waals surface area contributed by atoms with E-state index in [0.29, 0.717) is 10.3 Å². The van der Waals surface area contributed by atoms with Gasteiger partial charge in [0.05, 0.1) is 0 Å². The Morgan fingerprint density at radius 1 is 1.31 bits per heavy atom. The van der Waals surface area contributed by atoms with Crippen molar-refractivity contribution < 1.29 is 0 Å². The van der Waals surface area contributed by atoms with Gasteiger partial charge in [-0.05, 0) is 41.4 Å². The van der Waals surface area contributed by atoms with Crippen LogP contribution in [0.1, 0.15) is 11.1 Å². The SMILES string of the molecule is Cc1ccc(C)c(-c2ncc(Br)c(=O)[nH]2)c1. The molecule has 1 aromatic carbocycles. The van der Waals surface area contributed by atoms with Crippen molar-refractivity contribution in [2.24, 2.45) is 0 Å². The smallest absolute Gasteiger partial charge is 0.265 e. The molecule has 0 aliphatic carbocycles. The number of aryl methyl sites for hydroxylation is 2. The molecule has 2 aromatic rings. The van der Waals surface area contributed by atoms with Crippen molar-refractivity contribution in [1.82, 2.24) is 9.97 Å². The van der Waals surface area contributed by atoms with E-state index in [-0.39, 0.29) is 5.56 Å². The van der Waals surface area contributed by atoms with Crippen LogP contribution in [0.25, 0.3) is 11.4 Å². The molecule has 0 aliphatic heterocycles. The number of nitrogens with zero attached hydrogens (tertiary/aromatic N) is 1. The average Bonchev–Trinajstić information content (AvgIpc) is 2.26. The topological polar surface area (TPSA) is 45.8 Å². The van der Waals surface area contributed by atoms with E-state index in [1.165, 1.54) is 6.20 Å². The predicted molar refractivity (Wildman–Crippen MR) is 67.5 cm³/mol. The summed E-state index contributed by atoms with van der Waals surface area (Å²) < 4.78 is 0.446. The van der Waals surface area contributed by atoms with Crippen molar-refractivity contribution >= 4 is 15.9 Å². The van der Waals surface area contributed by atoms with Crippen LogP contribution in [0.2, 0.25) is 0 Å². The Morgan fingerprint density at radius 3 is 2.75 bits per heavy atom. The number of rotatable bonds is 1. The first-order valence-corrected chi connectivity index (χ1v) is 5.69. The highest BCUT2D eigenvalue weighted by molar-refractivity contribution is 9.10. The maximum atomic E-state index is 11.5. The molecule has 0 fully saturated rings. The maximum absolute atomic E-state index is 11.5. The number of hydrogen-bond donors (Lipinski definition) is 1. The van der Waals surface area contributed by atoms with Crippen LogP contribution >= 0.6 is 15.9 Å². The van der Waals surface area contributed by atoms with Crippen molar-refractivity contribution in [3.8, 4) is 11.4 Å². The minimum atomic E-state index is -0.161. The van der Waals surface area contributed by atoms with Gasteiger partial charge in [0.1, 0.15) is 10.3 Å². The van der Waals surface area contributed by atoms with E-state index in [1.807, 2.05) is 32.0 Å². The third-order valence-electron chi connectivity index (χ3n) is 2.40. The van der Waals surface area contributed by atoms with Gasteiger partial charge in [0.15, 0.2) is 0 Å². The van der Waals surface area contributed by atoms with Gasteiger partial charge in [-0.2, -0.15) is 0 Å². The van der Waals surface area contributed by atoms with Crippen molar-refractivity contribution in [3.05, 3.63) is 50.3 Å². The predicted octanol–water partition coefficient (Wildman–Crippen LogP) is 2.82. The number of aromatic nitrogens is 2. The van der Waals surface area contributed by atoms with Crippen LogP contribution in [-0.2, 0) is 0 Å². The highest BCUT2D eigenvalue weighted by Gasteiger charge is 2.05. The minimum absolute atomic E-state index is 0.161. The van der Waals surface area contributed by atoms with E-state index in [2.05, 4.69) is 25.9 Å². The summed E-state index contributed by atoms with van der Waals surface area (Å²) in [5.41, 5.74) is 3.04. The molecule has 0 saturated heterocycles. The zero-order chi connectivity index (χ0) is 11.7. The lowest BCUT2D eigenvalue weighted by Crippen LogP contribution is -2.09. The fourth-order valence-corrected chi connectivity index (χ4v) is 1.71. The lowest BCUT2D eigenvalue weighted by Gasteiger charge is -2.06. The van der Waals surface area contributed by atoms with Crippen LogP contribution < -0.4 is 5.56 Å². The van der Waals surface area contributed by atoms with Gasteiger partial charge in [-0.3, -0.25) is 4.79 Å². The first kappa shape index (κ1) is 11.1. The molecule has 16 heavy (non-hydrogen) atoms. The quantitative estimate of drug-likeness (QED) is 0.872. The first-order valence-electron chi connectivity index (χ1n) is 4.90. The molecule has 0 radical (unpaired) electrons. The number of aromatic amines is 1. The van der Waals surface area contributed by atoms with E-state index >= 15 is 0 Å². The van der Waals surface area contributed by atoms with Crippen molar-refractivity contribution in [2.75, 3.05) is 0 Å². The Balaban J connectivity index is 2.63. The maximum Gasteiger partial charge on any atom is 0.265 e. The molecule has 0 atom stereocenters. The minimum Gasteiger partial charge on any atom is -0.306 e. The van der Waals surface area contributed by atoms with E-state index < -0.39 is 0 Å². The molecule has 0 spiro atoms. The van der Waals surface area contributed by atoms with Crippen LogP contribution in [0.5, 0.6) is 0 Å². The molecule has 0 bridgehead atoms. The van der Waals surface area contributed by atoms with Gasteiger partial charge >= 0.3 is 0 Å². The molecule has 0 unspecified atom stereocenters. The van der Waals surface area contributed by atoms with Crippen molar-refractivity contribution in [2.45, 2.75) is 13.8 Å². The summed E-state index contributed by atoms with van der Waals surface area (Å²) in [6.07, 6.45) is 1.52. The Labute approximate surface area is 102 Å². The third-order valence-corrected chi connectivity index (χ3v) is 2.97. The second-order valence-corrected chi connectivity index (χ2v) is 4.58. The van der Waals surface area contributed by atoms with Crippen LogP contribution in [-0.4, -0.2) is 9.97 Å². The van der Waals surface area contributed by atoms with Crippen molar-refractivity contribution in [1.29, 1.82) is 0 Å². The summed E-state index contributed by atoms with van der Waals surface area (Å²) in [6, 6.07) is 6.07. The van der Waals surface area contributed by atoms with E-state index in [0.717, 1.165) is 16.7 Å². The molecule has 0 saturated carbocycles.